The number of carbonyl (C=O) groups is 2. The molecular formula is C21H39O4. The Bertz CT molecular complexity index is 348. The summed E-state index contributed by atoms with van der Waals surface area (Å²) in [5.41, 5.74) is 0.488. The first-order valence-corrected chi connectivity index (χ1v) is 9.02. The maximum absolute atomic E-state index is 11.1. The van der Waals surface area contributed by atoms with E-state index in [2.05, 4.69) is 24.8 Å². The van der Waals surface area contributed by atoms with Crippen LogP contribution in [-0.4, -0.2) is 25.7 Å². The second-order valence-electron chi connectivity index (χ2n) is 5.83. The van der Waals surface area contributed by atoms with Crippen molar-refractivity contribution in [1.82, 2.24) is 0 Å². The quantitative estimate of drug-likeness (QED) is 0.237. The fourth-order valence-corrected chi connectivity index (χ4v) is 1.96. The first-order chi connectivity index (χ1) is 11.5. The standard InChI is InChI=1S/C16H30O2.C4H6O2.CH3/c1-4-5-6-7-8-9-10-11-12-13-14-18-16(17)15(2)3;1-3-4(5)6-2;/h2,4-14H2,1,3H3;3H,1H2,2H3;1H3. The fourth-order valence-electron chi connectivity index (χ4n) is 1.96. The van der Waals surface area contributed by atoms with Gasteiger partial charge in [-0.05, 0) is 13.3 Å². The van der Waals surface area contributed by atoms with E-state index in [4.69, 9.17) is 4.74 Å². The molecule has 0 bridgehead atoms. The average molecular weight is 356 g/mol. The molecule has 0 spiro atoms. The van der Waals surface area contributed by atoms with E-state index in [1.807, 2.05) is 0 Å². The van der Waals surface area contributed by atoms with E-state index in [1.165, 1.54) is 64.9 Å². The van der Waals surface area contributed by atoms with Crippen LogP contribution in [0, 0.1) is 7.43 Å². The van der Waals surface area contributed by atoms with Gasteiger partial charge in [0.25, 0.3) is 0 Å². The molecule has 0 aromatic rings. The van der Waals surface area contributed by atoms with Crippen molar-refractivity contribution in [3.05, 3.63) is 32.2 Å². The van der Waals surface area contributed by atoms with Gasteiger partial charge in [-0.2, -0.15) is 0 Å². The lowest BCUT2D eigenvalue weighted by atomic mass is 10.1. The van der Waals surface area contributed by atoms with E-state index < -0.39 is 5.97 Å². The number of ether oxygens (including phenoxy) is 2. The van der Waals surface area contributed by atoms with Crippen LogP contribution in [0.4, 0.5) is 0 Å². The Kier molecular flexibility index (Phi) is 25.3. The molecule has 0 aromatic heterocycles. The molecule has 4 heteroatoms. The average Bonchev–Trinajstić information content (AvgIpc) is 2.59. The number of rotatable bonds is 13. The highest BCUT2D eigenvalue weighted by Crippen LogP contribution is 2.10. The topological polar surface area (TPSA) is 52.6 Å². The third-order valence-electron chi connectivity index (χ3n) is 3.45. The van der Waals surface area contributed by atoms with Gasteiger partial charge in [-0.15, -0.1) is 0 Å². The molecule has 0 rings (SSSR count). The van der Waals surface area contributed by atoms with Crippen LogP contribution in [0.1, 0.15) is 78.1 Å². The van der Waals surface area contributed by atoms with Crippen molar-refractivity contribution in [2.75, 3.05) is 13.7 Å². The predicted molar refractivity (Wildman–Crippen MR) is 106 cm³/mol. The number of esters is 2. The minimum Gasteiger partial charge on any atom is -0.466 e. The van der Waals surface area contributed by atoms with Crippen molar-refractivity contribution in [2.24, 2.45) is 0 Å². The van der Waals surface area contributed by atoms with Gasteiger partial charge in [0.1, 0.15) is 0 Å². The number of hydrogen-bond donors (Lipinski definition) is 0. The Morgan fingerprint density at radius 2 is 1.36 bits per heavy atom. The summed E-state index contributed by atoms with van der Waals surface area (Å²) in [6, 6.07) is 0. The summed E-state index contributed by atoms with van der Waals surface area (Å²) in [4.78, 5) is 20.9. The lowest BCUT2D eigenvalue weighted by molar-refractivity contribution is -0.139. The number of unbranched alkanes of at least 4 members (excludes halogenated alkanes) is 9. The van der Waals surface area contributed by atoms with Gasteiger partial charge in [-0.1, -0.05) is 85.3 Å². The zero-order valence-corrected chi connectivity index (χ0v) is 16.9. The van der Waals surface area contributed by atoms with E-state index in [0.29, 0.717) is 12.2 Å². The van der Waals surface area contributed by atoms with Gasteiger partial charge < -0.3 is 9.47 Å². The van der Waals surface area contributed by atoms with Crippen LogP contribution in [-0.2, 0) is 19.1 Å². The van der Waals surface area contributed by atoms with Gasteiger partial charge >= 0.3 is 11.9 Å². The van der Waals surface area contributed by atoms with Crippen LogP contribution in [0.25, 0.3) is 0 Å². The van der Waals surface area contributed by atoms with Gasteiger partial charge in [0.05, 0.1) is 13.7 Å². The molecule has 0 saturated carbocycles. The van der Waals surface area contributed by atoms with Gasteiger partial charge in [0.2, 0.25) is 0 Å². The summed E-state index contributed by atoms with van der Waals surface area (Å²) in [5, 5.41) is 0. The molecule has 1 radical (unpaired) electrons. The van der Waals surface area contributed by atoms with Crippen molar-refractivity contribution < 1.29 is 19.1 Å². The predicted octanol–water partition coefficient (Wildman–Crippen LogP) is 5.82. The molecule has 0 aliphatic heterocycles. The first-order valence-electron chi connectivity index (χ1n) is 9.02. The van der Waals surface area contributed by atoms with Crippen LogP contribution < -0.4 is 0 Å². The molecule has 0 aliphatic carbocycles. The summed E-state index contributed by atoms with van der Waals surface area (Å²) >= 11 is 0. The molecule has 25 heavy (non-hydrogen) atoms. The summed E-state index contributed by atoms with van der Waals surface area (Å²) < 4.78 is 9.18. The lowest BCUT2D eigenvalue weighted by Gasteiger charge is -2.04. The minimum atomic E-state index is -0.394. The van der Waals surface area contributed by atoms with E-state index in [9.17, 15) is 9.59 Å². The van der Waals surface area contributed by atoms with Crippen molar-refractivity contribution in [1.29, 1.82) is 0 Å². The molecule has 0 fully saturated rings. The Morgan fingerprint density at radius 3 is 1.68 bits per heavy atom. The van der Waals surface area contributed by atoms with Crippen molar-refractivity contribution in [2.45, 2.75) is 78.1 Å². The molecule has 0 atom stereocenters. The highest BCUT2D eigenvalue weighted by molar-refractivity contribution is 5.86. The van der Waals surface area contributed by atoms with Gasteiger partial charge in [0, 0.05) is 11.6 Å². The molecule has 0 saturated heterocycles. The highest BCUT2D eigenvalue weighted by atomic mass is 16.5. The summed E-state index contributed by atoms with van der Waals surface area (Å²) in [5.74, 6) is -0.652. The molecule has 0 amide bonds. The second kappa shape index (κ2) is 22.4. The normalized spacial score (nSPS) is 9.08. The van der Waals surface area contributed by atoms with E-state index in [1.54, 1.807) is 6.92 Å². The largest absolute Gasteiger partial charge is 0.466 e. The maximum Gasteiger partial charge on any atom is 0.333 e. The van der Waals surface area contributed by atoms with E-state index in [-0.39, 0.29) is 13.4 Å². The monoisotopic (exact) mass is 355 g/mol. The number of methoxy groups -OCH3 is 1. The first kappa shape index (κ1) is 28.2. The lowest BCUT2D eigenvalue weighted by Crippen LogP contribution is -2.05. The van der Waals surface area contributed by atoms with Crippen LogP contribution in [0.2, 0.25) is 0 Å². The van der Waals surface area contributed by atoms with E-state index >= 15 is 0 Å². The Hall–Kier alpha value is -1.58. The Labute approximate surface area is 155 Å². The van der Waals surface area contributed by atoms with Crippen LogP contribution >= 0.6 is 0 Å². The molecule has 0 aliphatic rings. The fraction of sp³-hybridized carbons (Fsp3) is 0.667. The molecule has 147 valence electrons. The highest BCUT2D eigenvalue weighted by Gasteiger charge is 2.01. The van der Waals surface area contributed by atoms with Gasteiger partial charge in [0.15, 0.2) is 0 Å². The van der Waals surface area contributed by atoms with Crippen molar-refractivity contribution >= 4 is 11.9 Å². The van der Waals surface area contributed by atoms with Crippen molar-refractivity contribution in [3.8, 4) is 0 Å². The van der Waals surface area contributed by atoms with Crippen LogP contribution in [0.3, 0.4) is 0 Å². The second-order valence-corrected chi connectivity index (χ2v) is 5.83. The molecular weight excluding hydrogens is 316 g/mol. The summed E-state index contributed by atoms with van der Waals surface area (Å²) in [6.07, 6.45) is 14.1. The van der Waals surface area contributed by atoms with Crippen LogP contribution in [0.5, 0.6) is 0 Å². The van der Waals surface area contributed by atoms with Gasteiger partial charge in [-0.25, -0.2) is 9.59 Å². The SMILES string of the molecule is C=C(C)C(=O)OCCCCCCCCCCCC.C=CC(=O)OC.[CH3]. The third kappa shape index (κ3) is 24.8. The molecule has 0 unspecified atom stereocenters. The van der Waals surface area contributed by atoms with E-state index in [0.717, 1.165) is 12.5 Å². The molecule has 0 N–H and O–H groups in total. The molecule has 0 aromatic carbocycles. The smallest absolute Gasteiger partial charge is 0.333 e. The van der Waals surface area contributed by atoms with Crippen molar-refractivity contribution in [3.63, 3.8) is 0 Å². The number of hydrogen-bond acceptors (Lipinski definition) is 4. The molecule has 4 nitrogen and oxygen atoms in total. The Balaban J connectivity index is -0.000000592. The van der Waals surface area contributed by atoms with Gasteiger partial charge in [-0.3, -0.25) is 0 Å². The Morgan fingerprint density at radius 1 is 0.920 bits per heavy atom. The zero-order valence-electron chi connectivity index (χ0n) is 16.9. The third-order valence-corrected chi connectivity index (χ3v) is 3.45. The molecule has 0 heterocycles. The minimum absolute atomic E-state index is 0. The maximum atomic E-state index is 11.1. The zero-order chi connectivity index (χ0) is 18.6. The van der Waals surface area contributed by atoms with Crippen LogP contribution in [0.15, 0.2) is 24.8 Å². The number of carbonyl (C=O) groups excluding carboxylic acids is 2. The summed E-state index contributed by atoms with van der Waals surface area (Å²) in [6.45, 7) is 11.2. The summed E-state index contributed by atoms with van der Waals surface area (Å²) in [7, 11) is 1.31.